The Morgan fingerprint density at radius 3 is 3.07 bits per heavy atom. The normalized spacial score (nSPS) is 19.6. The van der Waals surface area contributed by atoms with Crippen LogP contribution in [0.5, 0.6) is 0 Å². The largest absolute Gasteiger partial charge is 0.320 e. The summed E-state index contributed by atoms with van der Waals surface area (Å²) in [6.07, 6.45) is 3.90. The van der Waals surface area contributed by atoms with E-state index < -0.39 is 0 Å². The molecule has 1 nitrogen and oxygen atoms in total. The van der Waals surface area contributed by atoms with Crippen LogP contribution in [0.3, 0.4) is 0 Å². The highest BCUT2D eigenvalue weighted by atomic mass is 32.2. The smallest absolute Gasteiger partial charge is 0.0136 e. The molecule has 0 aliphatic carbocycles. The highest BCUT2D eigenvalue weighted by Crippen LogP contribution is 2.38. The van der Waals surface area contributed by atoms with Crippen molar-refractivity contribution < 1.29 is 0 Å². The second-order valence-corrected chi connectivity index (χ2v) is 5.14. The molecule has 2 rings (SSSR count). The number of fused-ring (bicyclic) bond motifs is 1. The summed E-state index contributed by atoms with van der Waals surface area (Å²) in [5, 5.41) is 4.02. The Hall–Kier alpha value is -0.470. The fourth-order valence-electron chi connectivity index (χ4n) is 1.92. The first-order valence-corrected chi connectivity index (χ1v) is 6.17. The Labute approximate surface area is 90.3 Å². The first-order valence-electron chi connectivity index (χ1n) is 5.29. The Balaban J connectivity index is 1.86. The number of nitrogens with one attached hydrogen (secondary N) is 1. The lowest BCUT2D eigenvalue weighted by molar-refractivity contribution is 0.657. The van der Waals surface area contributed by atoms with Crippen molar-refractivity contribution in [2.45, 2.75) is 29.4 Å². The predicted octanol–water partition coefficient (Wildman–Crippen LogP) is 2.70. The lowest BCUT2D eigenvalue weighted by Gasteiger charge is -2.06. The second-order valence-electron chi connectivity index (χ2n) is 3.80. The fraction of sp³-hybridized carbons (Fsp3) is 0.500. The summed E-state index contributed by atoms with van der Waals surface area (Å²) in [5.41, 5.74) is 1.55. The lowest BCUT2D eigenvalue weighted by atomic mass is 10.1. The van der Waals surface area contributed by atoms with Gasteiger partial charge in [0, 0.05) is 10.1 Å². The summed E-state index contributed by atoms with van der Waals surface area (Å²) in [5.74, 6) is 0. The van der Waals surface area contributed by atoms with Crippen LogP contribution >= 0.6 is 11.8 Å². The quantitative estimate of drug-likeness (QED) is 0.762. The number of rotatable bonds is 4. The van der Waals surface area contributed by atoms with E-state index in [1.54, 1.807) is 5.56 Å². The van der Waals surface area contributed by atoms with Crippen LogP contribution in [-0.2, 0) is 6.42 Å². The van der Waals surface area contributed by atoms with Crippen molar-refractivity contribution in [3.05, 3.63) is 29.8 Å². The second kappa shape index (κ2) is 4.85. The van der Waals surface area contributed by atoms with Gasteiger partial charge in [0.25, 0.3) is 0 Å². The fourth-order valence-corrected chi connectivity index (χ4v) is 3.29. The van der Waals surface area contributed by atoms with Crippen LogP contribution in [0.4, 0.5) is 0 Å². The van der Waals surface area contributed by atoms with E-state index in [9.17, 15) is 0 Å². The molecule has 1 aromatic carbocycles. The van der Waals surface area contributed by atoms with Gasteiger partial charge in [-0.25, -0.2) is 0 Å². The molecule has 0 radical (unpaired) electrons. The number of thioether (sulfide) groups is 1. The molecule has 0 fully saturated rings. The zero-order chi connectivity index (χ0) is 9.80. The third-order valence-corrected chi connectivity index (χ3v) is 4.05. The minimum atomic E-state index is 0.820. The zero-order valence-electron chi connectivity index (χ0n) is 8.62. The van der Waals surface area contributed by atoms with Gasteiger partial charge >= 0.3 is 0 Å². The summed E-state index contributed by atoms with van der Waals surface area (Å²) >= 11 is 2.06. The van der Waals surface area contributed by atoms with Crippen LogP contribution in [0.1, 0.15) is 18.4 Å². The Kier molecular flexibility index (Phi) is 3.49. The molecule has 1 heterocycles. The van der Waals surface area contributed by atoms with Crippen LogP contribution in [-0.4, -0.2) is 18.8 Å². The molecule has 0 bridgehead atoms. The van der Waals surface area contributed by atoms with Gasteiger partial charge in [0.1, 0.15) is 0 Å². The Bertz CT molecular complexity index is 273. The predicted molar refractivity (Wildman–Crippen MR) is 63.0 cm³/mol. The van der Waals surface area contributed by atoms with Crippen molar-refractivity contribution in [3.63, 3.8) is 0 Å². The highest BCUT2D eigenvalue weighted by molar-refractivity contribution is 8.00. The van der Waals surface area contributed by atoms with Gasteiger partial charge in [-0.15, -0.1) is 11.8 Å². The van der Waals surface area contributed by atoms with E-state index in [1.807, 2.05) is 7.05 Å². The van der Waals surface area contributed by atoms with Crippen LogP contribution < -0.4 is 5.32 Å². The average Bonchev–Trinajstić information content (AvgIpc) is 2.60. The van der Waals surface area contributed by atoms with E-state index in [4.69, 9.17) is 0 Å². The molecule has 1 aliphatic rings. The minimum Gasteiger partial charge on any atom is -0.320 e. The van der Waals surface area contributed by atoms with Gasteiger partial charge in [0.05, 0.1) is 0 Å². The summed E-state index contributed by atoms with van der Waals surface area (Å²) in [7, 11) is 2.02. The molecule has 2 heteroatoms. The van der Waals surface area contributed by atoms with Gasteiger partial charge < -0.3 is 5.32 Å². The van der Waals surface area contributed by atoms with Crippen molar-refractivity contribution in [2.24, 2.45) is 0 Å². The molecule has 14 heavy (non-hydrogen) atoms. The molecule has 76 valence electrons. The van der Waals surface area contributed by atoms with Crippen molar-refractivity contribution in [3.8, 4) is 0 Å². The van der Waals surface area contributed by atoms with Crippen LogP contribution in [0.15, 0.2) is 29.2 Å². The Morgan fingerprint density at radius 1 is 1.43 bits per heavy atom. The van der Waals surface area contributed by atoms with Gasteiger partial charge in [-0.2, -0.15) is 0 Å². The van der Waals surface area contributed by atoms with Crippen LogP contribution in [0.25, 0.3) is 0 Å². The molecular weight excluding hydrogens is 190 g/mol. The third-order valence-electron chi connectivity index (χ3n) is 2.67. The van der Waals surface area contributed by atoms with Crippen LogP contribution in [0, 0.1) is 0 Å². The van der Waals surface area contributed by atoms with Crippen molar-refractivity contribution >= 4 is 11.8 Å². The van der Waals surface area contributed by atoms with E-state index >= 15 is 0 Å². The van der Waals surface area contributed by atoms with E-state index in [2.05, 4.69) is 41.3 Å². The summed E-state index contributed by atoms with van der Waals surface area (Å²) in [6, 6.07) is 8.80. The lowest BCUT2D eigenvalue weighted by Crippen LogP contribution is -2.10. The SMILES string of the molecule is CNCCCC1Cc2ccccc2S1. The van der Waals surface area contributed by atoms with Crippen molar-refractivity contribution in [1.82, 2.24) is 5.32 Å². The van der Waals surface area contributed by atoms with Gasteiger partial charge in [-0.05, 0) is 44.5 Å². The standard InChI is InChI=1S/C12H17NS/c1-13-8-4-6-11-9-10-5-2-3-7-12(10)14-11/h2-3,5,7,11,13H,4,6,8-9H2,1H3. The van der Waals surface area contributed by atoms with Gasteiger partial charge in [-0.1, -0.05) is 18.2 Å². The van der Waals surface area contributed by atoms with Gasteiger partial charge in [0.2, 0.25) is 0 Å². The highest BCUT2D eigenvalue weighted by Gasteiger charge is 2.20. The minimum absolute atomic E-state index is 0.820. The first kappa shape index (κ1) is 10.1. The number of hydrogen-bond acceptors (Lipinski definition) is 2. The van der Waals surface area contributed by atoms with E-state index in [0.29, 0.717) is 0 Å². The topological polar surface area (TPSA) is 12.0 Å². The van der Waals surface area contributed by atoms with E-state index in [-0.39, 0.29) is 0 Å². The molecule has 1 N–H and O–H groups in total. The average molecular weight is 207 g/mol. The molecule has 0 spiro atoms. The molecule has 1 aromatic rings. The maximum atomic E-state index is 3.20. The zero-order valence-corrected chi connectivity index (χ0v) is 9.44. The molecule has 1 unspecified atom stereocenters. The monoisotopic (exact) mass is 207 g/mol. The van der Waals surface area contributed by atoms with E-state index in [1.165, 1.54) is 24.2 Å². The summed E-state index contributed by atoms with van der Waals surface area (Å²) < 4.78 is 0. The third kappa shape index (κ3) is 2.31. The maximum Gasteiger partial charge on any atom is 0.0136 e. The summed E-state index contributed by atoms with van der Waals surface area (Å²) in [6.45, 7) is 1.15. The first-order chi connectivity index (χ1) is 6.90. The molecule has 1 aliphatic heterocycles. The number of benzene rings is 1. The van der Waals surface area contributed by atoms with Crippen molar-refractivity contribution in [1.29, 1.82) is 0 Å². The van der Waals surface area contributed by atoms with Crippen molar-refractivity contribution in [2.75, 3.05) is 13.6 Å². The maximum absolute atomic E-state index is 3.20. The molecular formula is C12H17NS. The molecule has 0 saturated heterocycles. The summed E-state index contributed by atoms with van der Waals surface area (Å²) in [4.78, 5) is 1.50. The van der Waals surface area contributed by atoms with Gasteiger partial charge in [0.15, 0.2) is 0 Å². The van der Waals surface area contributed by atoms with Gasteiger partial charge in [-0.3, -0.25) is 0 Å². The number of hydrogen-bond donors (Lipinski definition) is 1. The molecule has 1 atom stereocenters. The molecule has 0 aromatic heterocycles. The Morgan fingerprint density at radius 2 is 2.29 bits per heavy atom. The molecule has 0 amide bonds. The van der Waals surface area contributed by atoms with Crippen LogP contribution in [0.2, 0.25) is 0 Å². The molecule has 0 saturated carbocycles. The van der Waals surface area contributed by atoms with E-state index in [0.717, 1.165) is 11.8 Å².